The van der Waals surface area contributed by atoms with Crippen LogP contribution in [0.4, 0.5) is 5.69 Å². The van der Waals surface area contributed by atoms with Crippen LogP contribution in [0.5, 0.6) is 5.75 Å². The van der Waals surface area contributed by atoms with E-state index in [1.807, 2.05) is 18.2 Å². The molecule has 0 radical (unpaired) electrons. The van der Waals surface area contributed by atoms with Gasteiger partial charge in [0.1, 0.15) is 12.4 Å². The van der Waals surface area contributed by atoms with E-state index in [4.69, 9.17) is 44.0 Å². The maximum Gasteiger partial charge on any atom is 0.291 e. The Morgan fingerprint density at radius 1 is 1.00 bits per heavy atom. The van der Waals surface area contributed by atoms with Gasteiger partial charge in [-0.3, -0.25) is 9.48 Å². The summed E-state index contributed by atoms with van der Waals surface area (Å²) in [7, 11) is 0. The summed E-state index contributed by atoms with van der Waals surface area (Å²) < 4.78 is 13.0. The minimum Gasteiger partial charge on any atom is -0.483 e. The van der Waals surface area contributed by atoms with E-state index in [1.54, 1.807) is 29.2 Å². The molecule has 2 heterocycles. The predicted octanol–water partition coefficient (Wildman–Crippen LogP) is 7.47. The smallest absolute Gasteiger partial charge is 0.291 e. The van der Waals surface area contributed by atoms with Gasteiger partial charge in [-0.25, -0.2) is 0 Å². The van der Waals surface area contributed by atoms with Crippen LogP contribution in [0.1, 0.15) is 21.9 Å². The van der Waals surface area contributed by atoms with Crippen LogP contribution in [0.2, 0.25) is 15.1 Å². The van der Waals surface area contributed by atoms with Crippen molar-refractivity contribution in [1.29, 1.82) is 0 Å². The number of nitrogens with one attached hydrogen (secondary N) is 1. The fraction of sp³-hybridized carbons (Fsp3) is 0.0769. The third-order valence-electron chi connectivity index (χ3n) is 5.31. The number of aromatic nitrogens is 2. The van der Waals surface area contributed by atoms with E-state index < -0.39 is 5.91 Å². The van der Waals surface area contributed by atoms with Crippen LogP contribution in [0.15, 0.2) is 83.5 Å². The molecule has 0 spiro atoms. The third kappa shape index (κ3) is 5.30. The van der Waals surface area contributed by atoms with E-state index in [2.05, 4.69) is 34.7 Å². The molecule has 0 aliphatic carbocycles. The van der Waals surface area contributed by atoms with Crippen molar-refractivity contribution < 1.29 is 13.9 Å². The average molecular weight is 527 g/mol. The first-order chi connectivity index (χ1) is 17.0. The number of hydrogen-bond donors (Lipinski definition) is 1. The molecule has 5 aromatic rings. The second-order valence-electron chi connectivity index (χ2n) is 7.77. The van der Waals surface area contributed by atoms with Gasteiger partial charge in [0.2, 0.25) is 0 Å². The summed E-state index contributed by atoms with van der Waals surface area (Å²) in [6, 6.07) is 20.7. The zero-order valence-electron chi connectivity index (χ0n) is 18.2. The van der Waals surface area contributed by atoms with E-state index in [-0.39, 0.29) is 22.4 Å². The van der Waals surface area contributed by atoms with Gasteiger partial charge in [-0.15, -0.1) is 0 Å². The monoisotopic (exact) mass is 525 g/mol. The fourth-order valence-corrected chi connectivity index (χ4v) is 4.63. The Balaban J connectivity index is 1.22. The Morgan fingerprint density at radius 3 is 2.60 bits per heavy atom. The molecule has 0 fully saturated rings. The van der Waals surface area contributed by atoms with E-state index in [9.17, 15) is 4.79 Å². The van der Waals surface area contributed by atoms with Crippen molar-refractivity contribution in [2.24, 2.45) is 0 Å². The first-order valence-corrected chi connectivity index (χ1v) is 11.8. The van der Waals surface area contributed by atoms with Gasteiger partial charge in [-0.2, -0.15) is 5.10 Å². The van der Waals surface area contributed by atoms with Crippen LogP contribution < -0.4 is 10.1 Å². The number of hydrogen-bond acceptors (Lipinski definition) is 4. The lowest BCUT2D eigenvalue weighted by molar-refractivity contribution is 0.0992. The largest absolute Gasteiger partial charge is 0.483 e. The number of carbonyl (C=O) groups is 1. The van der Waals surface area contributed by atoms with E-state index in [0.29, 0.717) is 28.8 Å². The zero-order chi connectivity index (χ0) is 24.4. The van der Waals surface area contributed by atoms with E-state index in [0.717, 1.165) is 5.56 Å². The molecule has 3 aromatic carbocycles. The lowest BCUT2D eigenvalue weighted by atomic mass is 10.0. The van der Waals surface area contributed by atoms with E-state index in [1.165, 1.54) is 22.9 Å². The first-order valence-electron chi connectivity index (χ1n) is 10.6. The molecule has 2 aromatic heterocycles. The summed E-state index contributed by atoms with van der Waals surface area (Å²) in [6.07, 6.45) is 3.37. The van der Waals surface area contributed by atoms with Gasteiger partial charge >= 0.3 is 0 Å². The maximum atomic E-state index is 12.7. The molecular formula is C26H18Cl3N3O3. The molecule has 6 nitrogen and oxygen atoms in total. The maximum absolute atomic E-state index is 12.7. The van der Waals surface area contributed by atoms with Crippen molar-refractivity contribution in [3.05, 3.63) is 111 Å². The van der Waals surface area contributed by atoms with Gasteiger partial charge in [0.25, 0.3) is 5.91 Å². The average Bonchev–Trinajstić information content (AvgIpc) is 3.48. The number of nitrogens with zero attached hydrogens (tertiary/aromatic N) is 2. The molecule has 0 atom stereocenters. The Morgan fingerprint density at radius 2 is 1.77 bits per heavy atom. The van der Waals surface area contributed by atoms with Crippen molar-refractivity contribution >= 4 is 57.2 Å². The molecule has 0 aliphatic rings. The molecule has 0 aliphatic heterocycles. The van der Waals surface area contributed by atoms with Crippen molar-refractivity contribution in [3.8, 4) is 5.75 Å². The summed E-state index contributed by atoms with van der Waals surface area (Å²) >= 11 is 18.2. The molecule has 0 bridgehead atoms. The number of furan rings is 1. The van der Waals surface area contributed by atoms with Crippen molar-refractivity contribution in [1.82, 2.24) is 9.78 Å². The summed E-state index contributed by atoms with van der Waals surface area (Å²) in [5.41, 5.74) is 1.70. The lowest BCUT2D eigenvalue weighted by Crippen LogP contribution is -2.10. The van der Waals surface area contributed by atoms with E-state index >= 15 is 0 Å². The second-order valence-corrected chi connectivity index (χ2v) is 9.02. The van der Waals surface area contributed by atoms with Crippen LogP contribution in [0.25, 0.3) is 10.8 Å². The zero-order valence-corrected chi connectivity index (χ0v) is 20.4. The molecule has 0 saturated carbocycles. The highest BCUT2D eigenvalue weighted by Crippen LogP contribution is 2.36. The van der Waals surface area contributed by atoms with Crippen LogP contribution >= 0.6 is 34.8 Å². The van der Waals surface area contributed by atoms with Gasteiger partial charge in [0, 0.05) is 11.2 Å². The highest BCUT2D eigenvalue weighted by molar-refractivity contribution is 6.40. The van der Waals surface area contributed by atoms with Crippen molar-refractivity contribution in [2.45, 2.75) is 13.2 Å². The van der Waals surface area contributed by atoms with Crippen LogP contribution in [0, 0.1) is 0 Å². The molecule has 35 heavy (non-hydrogen) atoms. The molecule has 5 rings (SSSR count). The quantitative estimate of drug-likeness (QED) is 0.239. The highest BCUT2D eigenvalue weighted by atomic mass is 35.5. The van der Waals surface area contributed by atoms with Gasteiger partial charge < -0.3 is 14.5 Å². The summed E-state index contributed by atoms with van der Waals surface area (Å²) in [5.74, 6) is 0.463. The predicted molar refractivity (Wildman–Crippen MR) is 138 cm³/mol. The topological polar surface area (TPSA) is 69.3 Å². The summed E-state index contributed by atoms with van der Waals surface area (Å²) in [5, 5.41) is 10.5. The minimum absolute atomic E-state index is 0.0390. The number of anilines is 1. The normalized spacial score (nSPS) is 11.1. The number of fused-ring (bicyclic) bond motifs is 1. The molecule has 0 saturated heterocycles. The number of amides is 1. The van der Waals surface area contributed by atoms with Gasteiger partial charge in [-0.1, -0.05) is 77.3 Å². The number of rotatable bonds is 7. The Hall–Kier alpha value is -3.45. The minimum atomic E-state index is -0.400. The number of ether oxygens (including phenoxy) is 1. The first kappa shape index (κ1) is 23.3. The molecule has 0 unspecified atom stereocenters. The van der Waals surface area contributed by atoms with Gasteiger partial charge in [0.15, 0.2) is 11.5 Å². The molecule has 1 N–H and O–H groups in total. The molecular weight excluding hydrogens is 509 g/mol. The standard InChI is InChI=1S/C26H18Cl3N3O3/c27-18-10-22(28)25(23(29)11-18)34-15-20-8-9-24(35-20)26(33)31-19-12-30-32(14-19)13-17-6-3-5-16-4-1-2-7-21(16)17/h1-12,14H,13,15H2,(H,31,33). The molecule has 1 amide bonds. The summed E-state index contributed by atoms with van der Waals surface area (Å²) in [4.78, 5) is 12.7. The number of carbonyl (C=O) groups excluding carboxylic acids is 1. The van der Waals surface area contributed by atoms with Crippen LogP contribution in [-0.2, 0) is 13.2 Å². The van der Waals surface area contributed by atoms with Gasteiger partial charge in [0.05, 0.1) is 28.5 Å². The highest BCUT2D eigenvalue weighted by Gasteiger charge is 2.15. The summed E-state index contributed by atoms with van der Waals surface area (Å²) in [6.45, 7) is 0.618. The molecule has 9 heteroatoms. The van der Waals surface area contributed by atoms with Gasteiger partial charge in [-0.05, 0) is 40.6 Å². The van der Waals surface area contributed by atoms with Crippen LogP contribution in [0.3, 0.4) is 0 Å². The number of halogens is 3. The Labute approximate surface area is 216 Å². The lowest BCUT2D eigenvalue weighted by Gasteiger charge is -2.09. The Kier molecular flexibility index (Phi) is 6.68. The third-order valence-corrected chi connectivity index (χ3v) is 6.09. The van der Waals surface area contributed by atoms with Crippen LogP contribution in [-0.4, -0.2) is 15.7 Å². The number of benzene rings is 3. The van der Waals surface area contributed by atoms with Crippen molar-refractivity contribution in [3.63, 3.8) is 0 Å². The fourth-order valence-electron chi connectivity index (χ4n) is 3.70. The Bertz CT molecular complexity index is 1500. The van der Waals surface area contributed by atoms with Crippen molar-refractivity contribution in [2.75, 3.05) is 5.32 Å². The second kappa shape index (κ2) is 10.0. The SMILES string of the molecule is O=C(Nc1cnn(Cc2cccc3ccccc23)c1)c1ccc(COc2c(Cl)cc(Cl)cc2Cl)o1. The molecule has 176 valence electrons.